The fourth-order valence-corrected chi connectivity index (χ4v) is 2.21. The molecule has 0 bridgehead atoms. The van der Waals surface area contributed by atoms with E-state index in [4.69, 9.17) is 5.73 Å². The fourth-order valence-electron chi connectivity index (χ4n) is 2.21. The van der Waals surface area contributed by atoms with Crippen molar-refractivity contribution in [3.63, 3.8) is 0 Å². The van der Waals surface area contributed by atoms with Crippen LogP contribution >= 0.6 is 0 Å². The van der Waals surface area contributed by atoms with E-state index >= 15 is 0 Å². The molecule has 0 radical (unpaired) electrons. The minimum Gasteiger partial charge on any atom is -0.396 e. The fraction of sp³-hybridized carbons (Fsp3) is 0.727. The molecule has 0 saturated carbocycles. The number of hydrogen-bond donors (Lipinski definition) is 2. The minimum absolute atomic E-state index is 0.761. The van der Waals surface area contributed by atoms with Gasteiger partial charge in [0.25, 0.3) is 0 Å². The second kappa shape index (κ2) is 5.16. The van der Waals surface area contributed by atoms with Gasteiger partial charge in [0.1, 0.15) is 0 Å². The summed E-state index contributed by atoms with van der Waals surface area (Å²) in [6.45, 7) is 3.39. The normalized spacial score (nSPS) is 18.1. The molecule has 0 atom stereocenters. The maximum absolute atomic E-state index is 5.60. The van der Waals surface area contributed by atoms with Crippen LogP contribution in [-0.4, -0.2) is 22.9 Å². The van der Waals surface area contributed by atoms with Crippen LogP contribution in [0.25, 0.3) is 0 Å². The van der Waals surface area contributed by atoms with Crippen LogP contribution in [0.2, 0.25) is 0 Å². The second-order valence-electron chi connectivity index (χ2n) is 4.37. The van der Waals surface area contributed by atoms with Gasteiger partial charge in [-0.2, -0.15) is 5.10 Å². The number of rotatable bonds is 4. The number of piperidine rings is 1. The number of nitrogens with two attached hydrogens (primary N) is 1. The number of nitrogens with one attached hydrogen (secondary N) is 1. The van der Waals surface area contributed by atoms with Crippen molar-refractivity contribution < 1.29 is 0 Å². The lowest BCUT2D eigenvalue weighted by atomic mass is 9.93. The zero-order valence-corrected chi connectivity index (χ0v) is 9.15. The molecular weight excluding hydrogens is 188 g/mol. The molecule has 2 rings (SSSR count). The van der Waals surface area contributed by atoms with Crippen LogP contribution in [0.3, 0.4) is 0 Å². The van der Waals surface area contributed by atoms with E-state index in [2.05, 4.69) is 10.4 Å². The van der Waals surface area contributed by atoms with E-state index in [0.29, 0.717) is 0 Å². The molecule has 2 heterocycles. The van der Waals surface area contributed by atoms with E-state index in [0.717, 1.165) is 18.2 Å². The second-order valence-corrected chi connectivity index (χ2v) is 4.37. The maximum atomic E-state index is 5.60. The quantitative estimate of drug-likeness (QED) is 0.783. The van der Waals surface area contributed by atoms with E-state index in [-0.39, 0.29) is 0 Å². The molecule has 0 amide bonds. The number of aryl methyl sites for hydroxylation is 1. The smallest absolute Gasteiger partial charge is 0.0719 e. The Balaban J connectivity index is 1.65. The topological polar surface area (TPSA) is 55.9 Å². The molecular formula is C11H20N4. The Hall–Kier alpha value is -1.03. The van der Waals surface area contributed by atoms with Gasteiger partial charge in [0.15, 0.2) is 0 Å². The predicted octanol–water partition coefficient (Wildman–Crippen LogP) is 1.25. The Morgan fingerprint density at radius 3 is 2.93 bits per heavy atom. The maximum Gasteiger partial charge on any atom is 0.0719 e. The Morgan fingerprint density at radius 1 is 1.47 bits per heavy atom. The summed E-state index contributed by atoms with van der Waals surface area (Å²) in [5, 5.41) is 7.57. The summed E-state index contributed by atoms with van der Waals surface area (Å²) in [7, 11) is 0. The third-order valence-corrected chi connectivity index (χ3v) is 3.11. The largest absolute Gasteiger partial charge is 0.396 e. The summed E-state index contributed by atoms with van der Waals surface area (Å²) in [4.78, 5) is 0. The third kappa shape index (κ3) is 3.23. The first kappa shape index (κ1) is 10.5. The van der Waals surface area contributed by atoms with Gasteiger partial charge in [-0.3, -0.25) is 4.68 Å². The van der Waals surface area contributed by atoms with Crippen LogP contribution in [0.15, 0.2) is 12.4 Å². The van der Waals surface area contributed by atoms with Crippen molar-refractivity contribution >= 4 is 5.69 Å². The summed E-state index contributed by atoms with van der Waals surface area (Å²) in [6, 6.07) is 0. The van der Waals surface area contributed by atoms with Crippen molar-refractivity contribution in [2.24, 2.45) is 5.92 Å². The van der Waals surface area contributed by atoms with Gasteiger partial charge in [-0.25, -0.2) is 0 Å². The van der Waals surface area contributed by atoms with Crippen molar-refractivity contribution in [1.82, 2.24) is 15.1 Å². The molecule has 1 fully saturated rings. The molecule has 0 aliphatic carbocycles. The van der Waals surface area contributed by atoms with E-state index < -0.39 is 0 Å². The zero-order chi connectivity index (χ0) is 10.5. The zero-order valence-electron chi connectivity index (χ0n) is 9.15. The van der Waals surface area contributed by atoms with E-state index in [1.165, 1.54) is 38.8 Å². The first-order valence-electron chi connectivity index (χ1n) is 5.83. The van der Waals surface area contributed by atoms with Gasteiger partial charge in [0.05, 0.1) is 11.9 Å². The number of aromatic nitrogens is 2. The molecule has 0 unspecified atom stereocenters. The molecule has 0 aromatic carbocycles. The SMILES string of the molecule is Nc1cnn(CCCC2CCNCC2)c1. The average Bonchev–Trinajstić information content (AvgIpc) is 2.66. The number of hydrogen-bond acceptors (Lipinski definition) is 3. The van der Waals surface area contributed by atoms with Crippen LogP contribution in [0.4, 0.5) is 5.69 Å². The lowest BCUT2D eigenvalue weighted by Gasteiger charge is -2.22. The molecule has 4 heteroatoms. The number of nitrogens with zero attached hydrogens (tertiary/aromatic N) is 2. The first-order chi connectivity index (χ1) is 7.34. The van der Waals surface area contributed by atoms with Crippen molar-refractivity contribution in [3.8, 4) is 0 Å². The van der Waals surface area contributed by atoms with Gasteiger partial charge < -0.3 is 11.1 Å². The van der Waals surface area contributed by atoms with E-state index in [1.54, 1.807) is 6.20 Å². The van der Waals surface area contributed by atoms with Crippen LogP contribution in [0.1, 0.15) is 25.7 Å². The highest BCUT2D eigenvalue weighted by Gasteiger charge is 2.12. The Bertz CT molecular complexity index is 289. The Kier molecular flexibility index (Phi) is 3.61. The lowest BCUT2D eigenvalue weighted by Crippen LogP contribution is -2.27. The third-order valence-electron chi connectivity index (χ3n) is 3.11. The summed E-state index contributed by atoms with van der Waals surface area (Å²) in [6.07, 6.45) is 8.82. The Morgan fingerprint density at radius 2 is 2.27 bits per heavy atom. The van der Waals surface area contributed by atoms with Gasteiger partial charge in [-0.05, 0) is 44.7 Å². The van der Waals surface area contributed by atoms with Crippen molar-refractivity contribution in [3.05, 3.63) is 12.4 Å². The number of anilines is 1. The highest BCUT2D eigenvalue weighted by molar-refractivity contribution is 5.30. The van der Waals surface area contributed by atoms with Gasteiger partial charge in [-0.1, -0.05) is 0 Å². The van der Waals surface area contributed by atoms with Crippen LogP contribution < -0.4 is 11.1 Å². The monoisotopic (exact) mass is 208 g/mol. The molecule has 1 aromatic heterocycles. The molecule has 1 aliphatic heterocycles. The molecule has 4 nitrogen and oxygen atoms in total. The summed E-state index contributed by atoms with van der Waals surface area (Å²) in [5.74, 6) is 0.916. The molecule has 84 valence electrons. The van der Waals surface area contributed by atoms with Crippen molar-refractivity contribution in [1.29, 1.82) is 0 Å². The van der Waals surface area contributed by atoms with Crippen LogP contribution in [0, 0.1) is 5.92 Å². The van der Waals surface area contributed by atoms with Gasteiger partial charge in [0, 0.05) is 12.7 Å². The standard InChI is InChI=1S/C11H20N4/c12-11-8-14-15(9-11)7-1-2-10-3-5-13-6-4-10/h8-10,13H,1-7,12H2. The van der Waals surface area contributed by atoms with Crippen molar-refractivity contribution in [2.45, 2.75) is 32.2 Å². The van der Waals surface area contributed by atoms with Gasteiger partial charge in [-0.15, -0.1) is 0 Å². The first-order valence-corrected chi connectivity index (χ1v) is 5.83. The van der Waals surface area contributed by atoms with Gasteiger partial charge >= 0.3 is 0 Å². The van der Waals surface area contributed by atoms with Crippen LogP contribution in [-0.2, 0) is 6.54 Å². The van der Waals surface area contributed by atoms with E-state index in [9.17, 15) is 0 Å². The molecule has 0 spiro atoms. The number of nitrogen functional groups attached to an aromatic ring is 1. The predicted molar refractivity (Wildman–Crippen MR) is 61.5 cm³/mol. The van der Waals surface area contributed by atoms with Crippen LogP contribution in [0.5, 0.6) is 0 Å². The average molecular weight is 208 g/mol. The Labute approximate surface area is 90.8 Å². The van der Waals surface area contributed by atoms with Crippen molar-refractivity contribution in [2.75, 3.05) is 18.8 Å². The highest BCUT2D eigenvalue weighted by atomic mass is 15.3. The summed E-state index contributed by atoms with van der Waals surface area (Å²) in [5.41, 5.74) is 6.36. The minimum atomic E-state index is 0.761. The molecule has 1 saturated heterocycles. The summed E-state index contributed by atoms with van der Waals surface area (Å²) >= 11 is 0. The molecule has 3 N–H and O–H groups in total. The van der Waals surface area contributed by atoms with E-state index in [1.807, 2.05) is 10.9 Å². The highest BCUT2D eigenvalue weighted by Crippen LogP contribution is 2.18. The summed E-state index contributed by atoms with van der Waals surface area (Å²) < 4.78 is 1.94. The molecule has 1 aliphatic rings. The van der Waals surface area contributed by atoms with Gasteiger partial charge in [0.2, 0.25) is 0 Å². The lowest BCUT2D eigenvalue weighted by molar-refractivity contribution is 0.337. The molecule has 1 aromatic rings. The molecule has 15 heavy (non-hydrogen) atoms.